The van der Waals surface area contributed by atoms with Crippen molar-refractivity contribution in [2.75, 3.05) is 41.2 Å². The van der Waals surface area contributed by atoms with Crippen LogP contribution in [0.15, 0.2) is 24.0 Å². The number of ether oxygens (including phenoxy) is 5. The summed E-state index contributed by atoms with van der Waals surface area (Å²) in [6.07, 6.45) is 7.37. The maximum atomic E-state index is 11.5. The van der Waals surface area contributed by atoms with E-state index in [0.29, 0.717) is 25.6 Å². The van der Waals surface area contributed by atoms with E-state index in [-0.39, 0.29) is 12.0 Å². The zero-order valence-electron chi connectivity index (χ0n) is 24.3. The molecule has 0 unspecified atom stereocenters. The number of nitrogens with zero attached hydrogens (tertiary/aromatic N) is 1. The van der Waals surface area contributed by atoms with E-state index in [4.69, 9.17) is 14.2 Å². The average Bonchev–Trinajstić information content (AvgIpc) is 3.63. The zero-order chi connectivity index (χ0) is 29.1. The van der Waals surface area contributed by atoms with Crippen molar-refractivity contribution in [1.29, 1.82) is 0 Å². The molecule has 0 amide bonds. The monoisotopic (exact) mass is 561 g/mol. The topological polar surface area (TPSA) is 124 Å². The Kier molecular flexibility index (Phi) is 9.02. The predicted molar refractivity (Wildman–Crippen MR) is 146 cm³/mol. The molecule has 3 aliphatic heterocycles. The van der Waals surface area contributed by atoms with E-state index >= 15 is 0 Å². The molecule has 1 aromatic carbocycles. The molecule has 3 heterocycles. The molecule has 2 N–H and O–H groups in total. The van der Waals surface area contributed by atoms with E-state index in [0.717, 1.165) is 43.8 Å². The van der Waals surface area contributed by atoms with Gasteiger partial charge in [0.25, 0.3) is 0 Å². The summed E-state index contributed by atoms with van der Waals surface area (Å²) < 4.78 is 25.8. The summed E-state index contributed by atoms with van der Waals surface area (Å²) in [5.74, 6) is 1.88. The van der Waals surface area contributed by atoms with E-state index in [2.05, 4.69) is 32.6 Å². The largest absolute Gasteiger partial charge is 0.501 e. The number of carbonyl (C=O) groups is 2. The van der Waals surface area contributed by atoms with Gasteiger partial charge in [0.05, 0.1) is 39.1 Å². The quantitative estimate of drug-likeness (QED) is 0.457. The summed E-state index contributed by atoms with van der Waals surface area (Å²) in [4.78, 5) is 25.3. The van der Waals surface area contributed by atoms with E-state index in [1.54, 1.807) is 21.0 Å². The molecule has 1 aliphatic carbocycles. The Labute approximate surface area is 236 Å². The van der Waals surface area contributed by atoms with Crippen molar-refractivity contribution in [2.24, 2.45) is 0 Å². The first kappa shape index (κ1) is 30.1. The Hall–Kier alpha value is -2.82. The van der Waals surface area contributed by atoms with Crippen molar-refractivity contribution < 1.29 is 43.5 Å². The van der Waals surface area contributed by atoms with Crippen molar-refractivity contribution in [3.63, 3.8) is 0 Å². The van der Waals surface area contributed by atoms with Gasteiger partial charge >= 0.3 is 11.9 Å². The number of hydrogen-bond acceptors (Lipinski definition) is 10. The van der Waals surface area contributed by atoms with Gasteiger partial charge in [-0.25, -0.2) is 4.79 Å². The fourth-order valence-corrected chi connectivity index (χ4v) is 6.51. The van der Waals surface area contributed by atoms with Crippen LogP contribution in [0.25, 0.3) is 0 Å². The summed E-state index contributed by atoms with van der Waals surface area (Å²) in [6, 6.07) is 4.44. The van der Waals surface area contributed by atoms with Gasteiger partial charge in [0.1, 0.15) is 0 Å². The molecule has 1 saturated heterocycles. The smallest absolute Gasteiger partial charge is 0.338 e. The molecule has 1 spiro atoms. The highest BCUT2D eigenvalue weighted by atomic mass is 16.7. The minimum atomic E-state index is -1.90. The molecule has 0 saturated carbocycles. The molecule has 1 aromatic rings. The van der Waals surface area contributed by atoms with Crippen LogP contribution in [0.2, 0.25) is 0 Å². The first-order chi connectivity index (χ1) is 18.9. The van der Waals surface area contributed by atoms with Crippen LogP contribution in [-0.4, -0.2) is 85.0 Å². The van der Waals surface area contributed by atoms with Gasteiger partial charge in [-0.05, 0) is 88.3 Å². The van der Waals surface area contributed by atoms with E-state index in [1.165, 1.54) is 37.6 Å². The number of methoxy groups -OCH3 is 3. The first-order valence-corrected chi connectivity index (χ1v) is 14.0. The van der Waals surface area contributed by atoms with Crippen LogP contribution in [0.1, 0.15) is 75.8 Å². The lowest BCUT2D eigenvalue weighted by Crippen LogP contribution is -2.44. The van der Waals surface area contributed by atoms with E-state index in [1.807, 2.05) is 0 Å². The Morgan fingerprint density at radius 3 is 2.45 bits per heavy atom. The first-order valence-electron chi connectivity index (χ1n) is 14.0. The number of esters is 2. The minimum Gasteiger partial charge on any atom is -0.501 e. The fraction of sp³-hybridized carbons (Fsp3) is 0.667. The molecular formula is C30H43NO9. The van der Waals surface area contributed by atoms with Gasteiger partial charge < -0.3 is 33.9 Å². The van der Waals surface area contributed by atoms with Crippen LogP contribution in [-0.2, 0) is 30.2 Å². The summed E-state index contributed by atoms with van der Waals surface area (Å²) in [6.45, 7) is 5.93. The third kappa shape index (κ3) is 6.24. The SMILES string of the molecule is COC(=O)C[C@](O)(CCCC(C)(C)O)C(=O)OC.COC1=C[C@]23CCCN2CCc2cc4c(cc2[C@@H]3C1)OCO4. The van der Waals surface area contributed by atoms with Gasteiger partial charge in [-0.2, -0.15) is 0 Å². The summed E-state index contributed by atoms with van der Waals surface area (Å²) >= 11 is 0. The van der Waals surface area contributed by atoms with E-state index in [9.17, 15) is 19.8 Å². The summed E-state index contributed by atoms with van der Waals surface area (Å²) in [5, 5.41) is 19.7. The molecule has 0 aromatic heterocycles. The summed E-state index contributed by atoms with van der Waals surface area (Å²) in [5.41, 5.74) is 0.241. The van der Waals surface area contributed by atoms with Crippen LogP contribution >= 0.6 is 0 Å². The highest BCUT2D eigenvalue weighted by molar-refractivity contribution is 5.85. The average molecular weight is 562 g/mol. The van der Waals surface area contributed by atoms with Crippen molar-refractivity contribution >= 4 is 11.9 Å². The Morgan fingerprint density at radius 2 is 1.80 bits per heavy atom. The third-order valence-corrected chi connectivity index (χ3v) is 8.55. The lowest BCUT2D eigenvalue weighted by Gasteiger charge is -2.37. The Balaban J connectivity index is 0.000000191. The lowest BCUT2D eigenvalue weighted by atomic mass is 9.79. The second kappa shape index (κ2) is 12.0. The minimum absolute atomic E-state index is 0.0266. The second-order valence-electron chi connectivity index (χ2n) is 11.7. The fourth-order valence-electron chi connectivity index (χ4n) is 6.51. The molecule has 222 valence electrons. The van der Waals surface area contributed by atoms with Crippen LogP contribution in [0.3, 0.4) is 0 Å². The lowest BCUT2D eigenvalue weighted by molar-refractivity contribution is -0.170. The van der Waals surface area contributed by atoms with Crippen LogP contribution < -0.4 is 9.47 Å². The molecule has 1 fully saturated rings. The molecular weight excluding hydrogens is 518 g/mol. The third-order valence-electron chi connectivity index (χ3n) is 8.55. The Bertz CT molecular complexity index is 1130. The molecule has 10 heteroatoms. The highest BCUT2D eigenvalue weighted by Crippen LogP contribution is 2.54. The van der Waals surface area contributed by atoms with Crippen molar-refractivity contribution in [3.8, 4) is 11.5 Å². The normalized spacial score (nSPS) is 24.3. The molecule has 5 rings (SSSR count). The number of carbonyl (C=O) groups excluding carboxylic acids is 2. The number of allylic oxidation sites excluding steroid dienone is 1. The van der Waals surface area contributed by atoms with Crippen LogP contribution in [0.5, 0.6) is 11.5 Å². The molecule has 3 atom stereocenters. The molecule has 10 nitrogen and oxygen atoms in total. The highest BCUT2D eigenvalue weighted by Gasteiger charge is 2.52. The van der Waals surface area contributed by atoms with Crippen molar-refractivity contribution in [1.82, 2.24) is 4.90 Å². The van der Waals surface area contributed by atoms with Crippen LogP contribution in [0.4, 0.5) is 0 Å². The molecule has 4 aliphatic rings. The number of aliphatic hydroxyl groups is 2. The molecule has 40 heavy (non-hydrogen) atoms. The van der Waals surface area contributed by atoms with Gasteiger partial charge in [-0.1, -0.05) is 0 Å². The van der Waals surface area contributed by atoms with E-state index < -0.39 is 29.6 Å². The number of fused-ring (bicyclic) bond motifs is 3. The van der Waals surface area contributed by atoms with Gasteiger partial charge in [-0.15, -0.1) is 0 Å². The van der Waals surface area contributed by atoms with Gasteiger partial charge in [0.2, 0.25) is 6.79 Å². The maximum Gasteiger partial charge on any atom is 0.338 e. The van der Waals surface area contributed by atoms with Gasteiger partial charge in [0.15, 0.2) is 17.1 Å². The van der Waals surface area contributed by atoms with Crippen molar-refractivity contribution in [3.05, 3.63) is 35.1 Å². The predicted octanol–water partition coefficient (Wildman–Crippen LogP) is 3.22. The Morgan fingerprint density at radius 1 is 1.07 bits per heavy atom. The van der Waals surface area contributed by atoms with Gasteiger partial charge in [0, 0.05) is 24.4 Å². The summed E-state index contributed by atoms with van der Waals surface area (Å²) in [7, 11) is 4.12. The standard InChI is InChI=1S/C18H21NO3.C12H22O6/c1-20-13-8-15-14-9-17-16(21-11-22-17)7-12(14)3-6-19-5-2-4-18(15,19)10-13;1-11(2,15)6-5-7-12(16,10(14)18-4)8-9(13)17-3/h7,9-10,15H,2-6,8,11H2,1H3;15-16H,5-8H2,1-4H3/t15-,18-;12-/m01/s1. The number of benzene rings is 1. The molecule has 0 radical (unpaired) electrons. The number of hydrogen-bond donors (Lipinski definition) is 2. The molecule has 0 bridgehead atoms. The maximum absolute atomic E-state index is 11.5. The van der Waals surface area contributed by atoms with Gasteiger partial charge in [-0.3, -0.25) is 9.69 Å². The van der Waals surface area contributed by atoms with Crippen LogP contribution in [0, 0.1) is 0 Å². The second-order valence-corrected chi connectivity index (χ2v) is 11.7. The zero-order valence-corrected chi connectivity index (χ0v) is 24.3. The van der Waals surface area contributed by atoms with Crippen molar-refractivity contribution in [2.45, 2.75) is 87.9 Å². The number of rotatable bonds is 8.